The fourth-order valence-electron chi connectivity index (χ4n) is 5.05. The molecule has 0 amide bonds. The van der Waals surface area contributed by atoms with Crippen molar-refractivity contribution >= 4 is 12.9 Å². The Bertz CT molecular complexity index is 1270. The molecule has 1 aliphatic rings. The summed E-state index contributed by atoms with van der Waals surface area (Å²) >= 11 is 0. The van der Waals surface area contributed by atoms with E-state index in [4.69, 9.17) is 4.65 Å². The Labute approximate surface area is 203 Å². The number of aliphatic hydroxyl groups is 1. The second-order valence-corrected chi connectivity index (χ2v) is 10.3. The maximum atomic E-state index is 10.5. The van der Waals surface area contributed by atoms with E-state index >= 15 is 0 Å². The third kappa shape index (κ3) is 3.51. The summed E-state index contributed by atoms with van der Waals surface area (Å²) in [5.41, 5.74) is 6.71. The predicted octanol–water partition coefficient (Wildman–Crippen LogP) is 5.59. The zero-order valence-corrected chi connectivity index (χ0v) is 20.4. The van der Waals surface area contributed by atoms with Crippen molar-refractivity contribution in [2.24, 2.45) is 0 Å². The van der Waals surface area contributed by atoms with E-state index in [2.05, 4.69) is 103 Å². The van der Waals surface area contributed by atoms with Gasteiger partial charge in [0, 0.05) is 0 Å². The zero-order chi connectivity index (χ0) is 24.0. The van der Waals surface area contributed by atoms with Crippen LogP contribution in [0.2, 0.25) is 0 Å². The van der Waals surface area contributed by atoms with E-state index in [0.29, 0.717) is 7.48 Å². The van der Waals surface area contributed by atoms with Gasteiger partial charge in [-0.05, 0) is 61.1 Å². The second-order valence-electron chi connectivity index (χ2n) is 10.3. The molecule has 0 heterocycles. The van der Waals surface area contributed by atoms with Gasteiger partial charge in [0.15, 0.2) is 0 Å². The smallest absolute Gasteiger partial charge is 0.309 e. The molecule has 34 heavy (non-hydrogen) atoms. The number of hydrogen-bond acceptors (Lipinski definition) is 2. The highest BCUT2D eigenvalue weighted by molar-refractivity contribution is 6.47. The van der Waals surface area contributed by atoms with Crippen LogP contribution in [-0.2, 0) is 10.1 Å². The first-order chi connectivity index (χ1) is 16.2. The molecular formula is C31H31BO2. The Morgan fingerprint density at radius 2 is 1.18 bits per heavy atom. The summed E-state index contributed by atoms with van der Waals surface area (Å²) in [5, 5.41) is 10.5. The molecule has 0 fully saturated rings. The number of benzene rings is 4. The average molecular weight is 446 g/mol. The largest absolute Gasteiger partial charge is 0.427 e. The molecule has 2 nitrogen and oxygen atoms in total. The molecule has 0 aromatic heterocycles. The van der Waals surface area contributed by atoms with E-state index in [1.54, 1.807) is 13.8 Å². The van der Waals surface area contributed by atoms with E-state index in [-0.39, 0.29) is 0 Å². The number of rotatable bonds is 6. The van der Waals surface area contributed by atoms with Crippen molar-refractivity contribution in [3.8, 4) is 11.1 Å². The maximum absolute atomic E-state index is 10.5. The van der Waals surface area contributed by atoms with Crippen LogP contribution in [-0.4, -0.2) is 23.8 Å². The van der Waals surface area contributed by atoms with Gasteiger partial charge in [-0.1, -0.05) is 109 Å². The molecule has 0 bridgehead atoms. The normalized spacial score (nSPS) is 14.4. The van der Waals surface area contributed by atoms with Crippen LogP contribution < -0.4 is 5.46 Å². The fourth-order valence-corrected chi connectivity index (χ4v) is 5.05. The van der Waals surface area contributed by atoms with Crippen molar-refractivity contribution in [3.63, 3.8) is 0 Å². The molecule has 4 aromatic rings. The highest BCUT2D eigenvalue weighted by Crippen LogP contribution is 2.55. The summed E-state index contributed by atoms with van der Waals surface area (Å²) in [6.07, 6.45) is 0. The third-order valence-electron chi connectivity index (χ3n) is 7.59. The van der Waals surface area contributed by atoms with Gasteiger partial charge in [-0.3, -0.25) is 0 Å². The molecule has 0 saturated carbocycles. The molecule has 3 heteroatoms. The van der Waals surface area contributed by atoms with Crippen molar-refractivity contribution in [2.45, 2.75) is 44.3 Å². The SMILES string of the molecule is CC(C)(O)C(C)(C)OBc1cccc(C2(c3ccccc3)c3ccccc3-c3ccccc32)c1. The lowest BCUT2D eigenvalue weighted by Crippen LogP contribution is -2.49. The van der Waals surface area contributed by atoms with Crippen LogP contribution in [0.15, 0.2) is 103 Å². The van der Waals surface area contributed by atoms with Crippen molar-refractivity contribution < 1.29 is 9.76 Å². The molecule has 0 radical (unpaired) electrons. The lowest BCUT2D eigenvalue weighted by atomic mass is 9.66. The Morgan fingerprint density at radius 1 is 0.647 bits per heavy atom. The fraction of sp³-hybridized carbons (Fsp3) is 0.226. The minimum absolute atomic E-state index is 0.407. The van der Waals surface area contributed by atoms with E-state index < -0.39 is 16.6 Å². The second kappa shape index (κ2) is 8.27. The van der Waals surface area contributed by atoms with Crippen LogP contribution in [0.1, 0.15) is 49.9 Å². The first kappa shape index (κ1) is 22.6. The van der Waals surface area contributed by atoms with Gasteiger partial charge in [-0.15, -0.1) is 0 Å². The number of hydrogen-bond donors (Lipinski definition) is 1. The van der Waals surface area contributed by atoms with Crippen LogP contribution in [0.3, 0.4) is 0 Å². The van der Waals surface area contributed by atoms with Gasteiger partial charge in [-0.25, -0.2) is 0 Å². The molecule has 4 aromatic carbocycles. The van der Waals surface area contributed by atoms with Crippen LogP contribution in [0.5, 0.6) is 0 Å². The summed E-state index contributed by atoms with van der Waals surface area (Å²) in [6.45, 7) is 7.46. The summed E-state index contributed by atoms with van der Waals surface area (Å²) in [7, 11) is 0.430. The Morgan fingerprint density at radius 3 is 1.76 bits per heavy atom. The summed E-state index contributed by atoms with van der Waals surface area (Å²) in [6, 6.07) is 37.1. The van der Waals surface area contributed by atoms with Crippen molar-refractivity contribution in [1.82, 2.24) is 0 Å². The van der Waals surface area contributed by atoms with Gasteiger partial charge in [0.05, 0.1) is 16.6 Å². The van der Waals surface area contributed by atoms with Gasteiger partial charge < -0.3 is 9.76 Å². The monoisotopic (exact) mass is 446 g/mol. The Kier molecular flexibility index (Phi) is 5.51. The van der Waals surface area contributed by atoms with E-state index in [1.807, 2.05) is 13.8 Å². The van der Waals surface area contributed by atoms with Crippen molar-refractivity contribution in [1.29, 1.82) is 0 Å². The number of fused-ring (bicyclic) bond motifs is 3. The highest BCUT2D eigenvalue weighted by atomic mass is 16.5. The lowest BCUT2D eigenvalue weighted by Gasteiger charge is -2.38. The topological polar surface area (TPSA) is 29.5 Å². The molecule has 1 N–H and O–H groups in total. The Hall–Kier alpha value is -3.14. The summed E-state index contributed by atoms with van der Waals surface area (Å²) in [5.74, 6) is 0. The molecule has 170 valence electrons. The van der Waals surface area contributed by atoms with Crippen LogP contribution in [0.4, 0.5) is 0 Å². The highest BCUT2D eigenvalue weighted by Gasteiger charge is 2.46. The van der Waals surface area contributed by atoms with Crippen molar-refractivity contribution in [2.75, 3.05) is 0 Å². The molecule has 0 aliphatic heterocycles. The third-order valence-corrected chi connectivity index (χ3v) is 7.59. The summed E-state index contributed by atoms with van der Waals surface area (Å²) in [4.78, 5) is 0. The molecule has 0 unspecified atom stereocenters. The minimum atomic E-state index is -0.945. The quantitative estimate of drug-likeness (QED) is 0.345. The zero-order valence-electron chi connectivity index (χ0n) is 20.4. The van der Waals surface area contributed by atoms with Gasteiger partial charge >= 0.3 is 7.48 Å². The molecule has 0 saturated heterocycles. The molecule has 0 atom stereocenters. The summed E-state index contributed by atoms with van der Waals surface area (Å²) < 4.78 is 6.23. The van der Waals surface area contributed by atoms with Crippen LogP contribution in [0.25, 0.3) is 11.1 Å². The van der Waals surface area contributed by atoms with Gasteiger partial charge in [0.2, 0.25) is 0 Å². The lowest BCUT2D eigenvalue weighted by molar-refractivity contribution is -0.0893. The molecular weight excluding hydrogens is 415 g/mol. The van der Waals surface area contributed by atoms with E-state index in [1.165, 1.54) is 33.4 Å². The first-order valence-corrected chi connectivity index (χ1v) is 12.0. The first-order valence-electron chi connectivity index (χ1n) is 12.0. The molecule has 5 rings (SSSR count). The van der Waals surface area contributed by atoms with Gasteiger partial charge in [0.25, 0.3) is 0 Å². The van der Waals surface area contributed by atoms with E-state index in [0.717, 1.165) is 5.46 Å². The average Bonchev–Trinajstić information content (AvgIpc) is 3.14. The molecule has 1 aliphatic carbocycles. The maximum Gasteiger partial charge on any atom is 0.309 e. The predicted molar refractivity (Wildman–Crippen MR) is 142 cm³/mol. The van der Waals surface area contributed by atoms with Gasteiger partial charge in [0.1, 0.15) is 0 Å². The minimum Gasteiger partial charge on any atom is -0.427 e. The van der Waals surface area contributed by atoms with Crippen molar-refractivity contribution in [3.05, 3.63) is 125 Å². The van der Waals surface area contributed by atoms with Crippen LogP contribution >= 0.6 is 0 Å². The van der Waals surface area contributed by atoms with Crippen LogP contribution in [0, 0.1) is 0 Å². The van der Waals surface area contributed by atoms with E-state index in [9.17, 15) is 5.11 Å². The Balaban J connectivity index is 1.70. The van der Waals surface area contributed by atoms with Gasteiger partial charge in [-0.2, -0.15) is 0 Å². The standard InChI is InChI=1S/C31H31BO2/c1-29(2,33)30(3,4)34-32-24-16-12-15-23(21-24)31(22-13-6-5-7-14-22)27-19-10-8-17-25(27)26-18-9-11-20-28(26)31/h5-21,32-33H,1-4H3. The molecule has 0 spiro atoms.